The van der Waals surface area contributed by atoms with E-state index < -0.39 is 0 Å². The average Bonchev–Trinajstić information content (AvgIpc) is 2.96. The molecule has 1 saturated carbocycles. The first kappa shape index (κ1) is 11.6. The normalized spacial score (nSPS) is 29.8. The van der Waals surface area contributed by atoms with Gasteiger partial charge in [-0.05, 0) is 32.2 Å². The van der Waals surface area contributed by atoms with Crippen molar-refractivity contribution in [2.24, 2.45) is 5.92 Å². The molecular weight excluding hydrogens is 202 g/mol. The topological polar surface area (TPSA) is 50.1 Å². The fourth-order valence-corrected chi connectivity index (χ4v) is 2.91. The molecule has 1 aliphatic rings. The van der Waals surface area contributed by atoms with E-state index in [1.54, 1.807) is 0 Å². The molecule has 0 aromatic carbocycles. The SMILES string of the molecule is CNC1(CO)CCCC1CCn1ccnc1. The van der Waals surface area contributed by atoms with Crippen LogP contribution in [0.15, 0.2) is 18.7 Å². The van der Waals surface area contributed by atoms with Crippen molar-refractivity contribution in [1.82, 2.24) is 14.9 Å². The Balaban J connectivity index is 1.93. The van der Waals surface area contributed by atoms with Gasteiger partial charge in [0.2, 0.25) is 0 Å². The molecule has 16 heavy (non-hydrogen) atoms. The summed E-state index contributed by atoms with van der Waals surface area (Å²) >= 11 is 0. The number of rotatable bonds is 5. The fourth-order valence-electron chi connectivity index (χ4n) is 2.91. The Morgan fingerprint density at radius 1 is 1.62 bits per heavy atom. The van der Waals surface area contributed by atoms with E-state index in [1.807, 2.05) is 25.8 Å². The van der Waals surface area contributed by atoms with Crippen molar-refractivity contribution in [2.45, 2.75) is 37.8 Å². The van der Waals surface area contributed by atoms with Gasteiger partial charge in [0.1, 0.15) is 0 Å². The molecule has 1 aromatic rings. The third kappa shape index (κ3) is 2.13. The Hall–Kier alpha value is -0.870. The standard InChI is InChI=1S/C12H21N3O/c1-13-12(9-16)5-2-3-11(12)4-7-15-8-6-14-10-15/h6,8,10-11,13,16H,2-5,7,9H2,1H3. The summed E-state index contributed by atoms with van der Waals surface area (Å²) in [6.07, 6.45) is 10.3. The van der Waals surface area contributed by atoms with Crippen molar-refractivity contribution in [1.29, 1.82) is 0 Å². The molecule has 2 atom stereocenters. The van der Waals surface area contributed by atoms with Crippen LogP contribution in [0.5, 0.6) is 0 Å². The van der Waals surface area contributed by atoms with Crippen LogP contribution in [0.2, 0.25) is 0 Å². The van der Waals surface area contributed by atoms with E-state index in [4.69, 9.17) is 0 Å². The van der Waals surface area contributed by atoms with Gasteiger partial charge >= 0.3 is 0 Å². The first-order valence-corrected chi connectivity index (χ1v) is 6.06. The number of nitrogens with one attached hydrogen (secondary N) is 1. The summed E-state index contributed by atoms with van der Waals surface area (Å²) in [5.41, 5.74) is -0.0411. The molecule has 0 aliphatic heterocycles. The molecule has 1 heterocycles. The minimum absolute atomic E-state index is 0.0411. The molecule has 1 aliphatic carbocycles. The van der Waals surface area contributed by atoms with E-state index in [1.165, 1.54) is 12.8 Å². The molecule has 0 radical (unpaired) electrons. The Labute approximate surface area is 96.7 Å². The number of aliphatic hydroxyl groups is 1. The van der Waals surface area contributed by atoms with E-state index in [2.05, 4.69) is 14.9 Å². The van der Waals surface area contributed by atoms with E-state index in [0.717, 1.165) is 19.4 Å². The van der Waals surface area contributed by atoms with Crippen LogP contribution in [0.4, 0.5) is 0 Å². The summed E-state index contributed by atoms with van der Waals surface area (Å²) < 4.78 is 2.11. The maximum Gasteiger partial charge on any atom is 0.0945 e. The monoisotopic (exact) mass is 223 g/mol. The molecule has 90 valence electrons. The molecule has 0 spiro atoms. The van der Waals surface area contributed by atoms with Crippen LogP contribution in [-0.2, 0) is 6.54 Å². The zero-order valence-corrected chi connectivity index (χ0v) is 9.89. The molecule has 0 amide bonds. The number of hydrogen-bond donors (Lipinski definition) is 2. The van der Waals surface area contributed by atoms with Gasteiger partial charge in [-0.15, -0.1) is 0 Å². The first-order valence-electron chi connectivity index (χ1n) is 6.06. The van der Waals surface area contributed by atoms with Crippen molar-refractivity contribution >= 4 is 0 Å². The highest BCUT2D eigenvalue weighted by Gasteiger charge is 2.40. The molecule has 4 nitrogen and oxygen atoms in total. The van der Waals surface area contributed by atoms with Crippen molar-refractivity contribution < 1.29 is 5.11 Å². The third-order valence-electron chi connectivity index (χ3n) is 4.03. The number of aliphatic hydroxyl groups excluding tert-OH is 1. The summed E-state index contributed by atoms with van der Waals surface area (Å²) in [5.74, 6) is 0.574. The lowest BCUT2D eigenvalue weighted by atomic mass is 9.85. The molecule has 1 aromatic heterocycles. The Bertz CT molecular complexity index is 306. The summed E-state index contributed by atoms with van der Waals surface area (Å²) in [7, 11) is 1.96. The number of aryl methyl sites for hydroxylation is 1. The van der Waals surface area contributed by atoms with Crippen molar-refractivity contribution in [3.05, 3.63) is 18.7 Å². The first-order chi connectivity index (χ1) is 7.80. The van der Waals surface area contributed by atoms with E-state index in [0.29, 0.717) is 5.92 Å². The maximum atomic E-state index is 9.56. The summed E-state index contributed by atoms with van der Waals surface area (Å²) in [4.78, 5) is 4.04. The van der Waals surface area contributed by atoms with Gasteiger partial charge < -0.3 is 15.0 Å². The molecule has 1 fully saturated rings. The molecule has 0 bridgehead atoms. The smallest absolute Gasteiger partial charge is 0.0945 e. The number of hydrogen-bond acceptors (Lipinski definition) is 3. The maximum absolute atomic E-state index is 9.56. The van der Waals surface area contributed by atoms with Crippen LogP contribution in [0.3, 0.4) is 0 Å². The number of imidazole rings is 1. The van der Waals surface area contributed by atoms with Gasteiger partial charge in [-0.2, -0.15) is 0 Å². The van der Waals surface area contributed by atoms with Gasteiger partial charge in [-0.3, -0.25) is 0 Å². The summed E-state index contributed by atoms with van der Waals surface area (Å²) in [5, 5.41) is 12.9. The lowest BCUT2D eigenvalue weighted by molar-refractivity contribution is 0.124. The lowest BCUT2D eigenvalue weighted by Gasteiger charge is -2.33. The van der Waals surface area contributed by atoms with Crippen LogP contribution in [0.1, 0.15) is 25.7 Å². The number of likely N-dealkylation sites (N-methyl/N-ethyl adjacent to an activating group) is 1. The van der Waals surface area contributed by atoms with Crippen LogP contribution in [-0.4, -0.2) is 33.9 Å². The molecule has 2 unspecified atom stereocenters. The van der Waals surface area contributed by atoms with E-state index in [-0.39, 0.29) is 12.1 Å². The third-order valence-corrected chi connectivity index (χ3v) is 4.03. The molecule has 2 N–H and O–H groups in total. The number of aromatic nitrogens is 2. The zero-order chi connectivity index (χ0) is 11.4. The van der Waals surface area contributed by atoms with Gasteiger partial charge in [-0.25, -0.2) is 4.98 Å². The van der Waals surface area contributed by atoms with E-state index in [9.17, 15) is 5.11 Å². The van der Waals surface area contributed by atoms with Crippen LogP contribution in [0, 0.1) is 5.92 Å². The molecule has 4 heteroatoms. The van der Waals surface area contributed by atoms with Crippen LogP contribution < -0.4 is 5.32 Å². The second-order valence-electron chi connectivity index (χ2n) is 4.74. The van der Waals surface area contributed by atoms with Crippen molar-refractivity contribution in [3.8, 4) is 0 Å². The summed E-state index contributed by atoms with van der Waals surface area (Å²) in [6, 6.07) is 0. The Morgan fingerprint density at radius 2 is 2.50 bits per heavy atom. The lowest BCUT2D eigenvalue weighted by Crippen LogP contribution is -2.49. The zero-order valence-electron chi connectivity index (χ0n) is 9.89. The van der Waals surface area contributed by atoms with Crippen LogP contribution in [0.25, 0.3) is 0 Å². The molecule has 0 saturated heterocycles. The second kappa shape index (κ2) is 4.97. The fraction of sp³-hybridized carbons (Fsp3) is 0.750. The van der Waals surface area contributed by atoms with Crippen molar-refractivity contribution in [3.63, 3.8) is 0 Å². The van der Waals surface area contributed by atoms with Gasteiger partial charge in [-0.1, -0.05) is 6.42 Å². The highest BCUT2D eigenvalue weighted by Crippen LogP contribution is 2.37. The minimum atomic E-state index is -0.0411. The quantitative estimate of drug-likeness (QED) is 0.783. The van der Waals surface area contributed by atoms with Crippen molar-refractivity contribution in [2.75, 3.05) is 13.7 Å². The van der Waals surface area contributed by atoms with Crippen LogP contribution >= 0.6 is 0 Å². The van der Waals surface area contributed by atoms with Gasteiger partial charge in [0.05, 0.1) is 12.9 Å². The number of nitrogens with zero attached hydrogens (tertiary/aromatic N) is 2. The Kier molecular flexibility index (Phi) is 3.61. The summed E-state index contributed by atoms with van der Waals surface area (Å²) in [6.45, 7) is 1.24. The average molecular weight is 223 g/mol. The van der Waals surface area contributed by atoms with Gasteiger partial charge in [0, 0.05) is 24.5 Å². The Morgan fingerprint density at radius 3 is 3.12 bits per heavy atom. The molecular formula is C12H21N3O. The van der Waals surface area contributed by atoms with E-state index >= 15 is 0 Å². The second-order valence-corrected chi connectivity index (χ2v) is 4.74. The van der Waals surface area contributed by atoms with Gasteiger partial charge in [0.15, 0.2) is 0 Å². The van der Waals surface area contributed by atoms with Gasteiger partial charge in [0.25, 0.3) is 0 Å². The minimum Gasteiger partial charge on any atom is -0.394 e. The largest absolute Gasteiger partial charge is 0.394 e. The predicted octanol–water partition coefficient (Wildman–Crippen LogP) is 1.02. The predicted molar refractivity (Wildman–Crippen MR) is 63.1 cm³/mol. The molecule has 2 rings (SSSR count). The highest BCUT2D eigenvalue weighted by molar-refractivity contribution is 4.98. The highest BCUT2D eigenvalue weighted by atomic mass is 16.3.